The van der Waals surface area contributed by atoms with E-state index >= 15 is 0 Å². The molecule has 0 aliphatic rings. The molecule has 0 bridgehead atoms. The van der Waals surface area contributed by atoms with Gasteiger partial charge < -0.3 is 9.26 Å². The second-order valence-corrected chi connectivity index (χ2v) is 6.46. The number of benzene rings is 1. The average Bonchev–Trinajstić information content (AvgIpc) is 2.71. The Morgan fingerprint density at radius 2 is 1.85 bits per heavy atom. The van der Waals surface area contributed by atoms with Gasteiger partial charge in [0.05, 0.1) is 22.9 Å². The summed E-state index contributed by atoms with van der Waals surface area (Å²) in [5.74, 6) is 1.09. The lowest BCUT2D eigenvalue weighted by molar-refractivity contribution is 0.340. The highest BCUT2D eigenvalue weighted by Crippen LogP contribution is 2.23. The van der Waals surface area contributed by atoms with Crippen LogP contribution in [0.15, 0.2) is 33.7 Å². The van der Waals surface area contributed by atoms with Crippen molar-refractivity contribution in [2.45, 2.75) is 31.4 Å². The first-order valence-corrected chi connectivity index (χ1v) is 7.96. The van der Waals surface area contributed by atoms with Crippen LogP contribution in [0.5, 0.6) is 5.75 Å². The van der Waals surface area contributed by atoms with Crippen molar-refractivity contribution < 1.29 is 17.7 Å². The third kappa shape index (κ3) is 3.01. The second kappa shape index (κ2) is 5.66. The van der Waals surface area contributed by atoms with E-state index in [0.29, 0.717) is 29.4 Å². The lowest BCUT2D eigenvalue weighted by Gasteiger charge is -2.06. The summed E-state index contributed by atoms with van der Waals surface area (Å²) in [5.41, 5.74) is 1.23. The molecular weight excluding hydrogens is 278 g/mol. The molecule has 5 nitrogen and oxygen atoms in total. The van der Waals surface area contributed by atoms with Crippen LogP contribution in [-0.4, -0.2) is 20.2 Å². The smallest absolute Gasteiger partial charge is 0.182 e. The molecule has 108 valence electrons. The van der Waals surface area contributed by atoms with Gasteiger partial charge in [-0.25, -0.2) is 8.42 Å². The normalized spacial score (nSPS) is 11.6. The van der Waals surface area contributed by atoms with Gasteiger partial charge >= 0.3 is 0 Å². The van der Waals surface area contributed by atoms with Gasteiger partial charge in [0.25, 0.3) is 0 Å². The zero-order valence-electron chi connectivity index (χ0n) is 11.7. The molecule has 0 fully saturated rings. The molecule has 0 saturated heterocycles. The molecule has 0 amide bonds. The van der Waals surface area contributed by atoms with E-state index in [1.165, 1.54) is 0 Å². The standard InChI is InChI=1S/C14H17NO4S/c1-4-18-12-5-7-13(8-6-12)20(16,17)9-14-10(2)15-19-11(14)3/h5-8H,4,9H2,1-3H3. The van der Waals surface area contributed by atoms with E-state index in [9.17, 15) is 8.42 Å². The Labute approximate surface area is 118 Å². The van der Waals surface area contributed by atoms with Crippen molar-refractivity contribution >= 4 is 9.84 Å². The van der Waals surface area contributed by atoms with E-state index in [-0.39, 0.29) is 10.6 Å². The minimum Gasteiger partial charge on any atom is -0.494 e. The summed E-state index contributed by atoms with van der Waals surface area (Å²) in [6.07, 6.45) is 0. The van der Waals surface area contributed by atoms with Crippen LogP contribution >= 0.6 is 0 Å². The van der Waals surface area contributed by atoms with Crippen LogP contribution in [0, 0.1) is 13.8 Å². The lowest BCUT2D eigenvalue weighted by Crippen LogP contribution is -2.06. The Morgan fingerprint density at radius 1 is 1.20 bits per heavy atom. The van der Waals surface area contributed by atoms with Gasteiger partial charge in [-0.15, -0.1) is 0 Å². The number of aromatic nitrogens is 1. The van der Waals surface area contributed by atoms with Crippen LogP contribution in [0.25, 0.3) is 0 Å². The summed E-state index contributed by atoms with van der Waals surface area (Å²) < 4.78 is 35.0. The van der Waals surface area contributed by atoms with E-state index < -0.39 is 9.84 Å². The minimum atomic E-state index is -3.42. The quantitative estimate of drug-likeness (QED) is 0.848. The molecule has 0 unspecified atom stereocenters. The summed E-state index contributed by atoms with van der Waals surface area (Å²) in [4.78, 5) is 0.265. The first-order valence-electron chi connectivity index (χ1n) is 6.31. The SMILES string of the molecule is CCOc1ccc(S(=O)(=O)Cc2c(C)noc2C)cc1. The Morgan fingerprint density at radius 3 is 2.35 bits per heavy atom. The first-order chi connectivity index (χ1) is 9.44. The molecule has 2 rings (SSSR count). The van der Waals surface area contributed by atoms with Crippen molar-refractivity contribution in [3.63, 3.8) is 0 Å². The van der Waals surface area contributed by atoms with Crippen LogP contribution in [0.4, 0.5) is 0 Å². The number of nitrogens with zero attached hydrogens (tertiary/aromatic N) is 1. The maximum Gasteiger partial charge on any atom is 0.182 e. The molecule has 0 atom stereocenters. The van der Waals surface area contributed by atoms with Gasteiger partial charge in [0.1, 0.15) is 11.5 Å². The molecule has 0 spiro atoms. The lowest BCUT2D eigenvalue weighted by atomic mass is 10.2. The van der Waals surface area contributed by atoms with Gasteiger partial charge in [0.15, 0.2) is 9.84 Å². The molecule has 0 aliphatic heterocycles. The summed E-state index contributed by atoms with van der Waals surface area (Å²) >= 11 is 0. The third-order valence-electron chi connectivity index (χ3n) is 3.01. The monoisotopic (exact) mass is 295 g/mol. The van der Waals surface area contributed by atoms with Crippen molar-refractivity contribution in [1.82, 2.24) is 5.16 Å². The predicted octanol–water partition coefficient (Wildman–Crippen LogP) is 2.66. The number of ether oxygens (including phenoxy) is 1. The fraction of sp³-hybridized carbons (Fsp3) is 0.357. The number of hydrogen-bond acceptors (Lipinski definition) is 5. The topological polar surface area (TPSA) is 69.4 Å². The van der Waals surface area contributed by atoms with Gasteiger partial charge in [-0.1, -0.05) is 5.16 Å². The Bertz CT molecular complexity index is 667. The summed E-state index contributed by atoms with van der Waals surface area (Å²) in [6.45, 7) is 5.87. The summed E-state index contributed by atoms with van der Waals surface area (Å²) in [6, 6.07) is 6.42. The van der Waals surface area contributed by atoms with E-state index in [1.54, 1.807) is 38.1 Å². The van der Waals surface area contributed by atoms with Gasteiger partial charge in [0, 0.05) is 5.56 Å². The molecule has 0 aliphatic carbocycles. The molecule has 0 saturated carbocycles. The summed E-state index contributed by atoms with van der Waals surface area (Å²) in [5, 5.41) is 3.77. The average molecular weight is 295 g/mol. The van der Waals surface area contributed by atoms with Gasteiger partial charge in [-0.3, -0.25) is 0 Å². The highest BCUT2D eigenvalue weighted by molar-refractivity contribution is 7.90. The minimum absolute atomic E-state index is 0.109. The summed E-state index contributed by atoms with van der Waals surface area (Å²) in [7, 11) is -3.42. The molecule has 1 aromatic heterocycles. The van der Waals surface area contributed by atoms with Crippen molar-refractivity contribution in [2.75, 3.05) is 6.61 Å². The van der Waals surface area contributed by atoms with Gasteiger partial charge in [-0.2, -0.15) is 0 Å². The van der Waals surface area contributed by atoms with Crippen LogP contribution in [0.1, 0.15) is 23.9 Å². The molecule has 0 N–H and O–H groups in total. The molecule has 1 aromatic carbocycles. The van der Waals surface area contributed by atoms with E-state index in [1.807, 2.05) is 6.92 Å². The maximum absolute atomic E-state index is 12.4. The molecule has 6 heteroatoms. The number of sulfone groups is 1. The largest absolute Gasteiger partial charge is 0.494 e. The number of aryl methyl sites for hydroxylation is 2. The fourth-order valence-corrected chi connectivity index (χ4v) is 3.40. The molecule has 1 heterocycles. The Hall–Kier alpha value is -1.82. The predicted molar refractivity (Wildman–Crippen MR) is 74.5 cm³/mol. The Kier molecular flexibility index (Phi) is 4.13. The molecule has 20 heavy (non-hydrogen) atoms. The zero-order chi connectivity index (χ0) is 14.8. The van der Waals surface area contributed by atoms with Crippen molar-refractivity contribution in [3.8, 4) is 5.75 Å². The van der Waals surface area contributed by atoms with Crippen molar-refractivity contribution in [2.24, 2.45) is 0 Å². The molecule has 2 aromatic rings. The first kappa shape index (κ1) is 14.6. The van der Waals surface area contributed by atoms with Crippen LogP contribution < -0.4 is 4.74 Å². The van der Waals surface area contributed by atoms with Gasteiger partial charge in [0.2, 0.25) is 0 Å². The van der Waals surface area contributed by atoms with E-state index in [0.717, 1.165) is 0 Å². The number of rotatable bonds is 5. The van der Waals surface area contributed by atoms with Crippen LogP contribution in [0.3, 0.4) is 0 Å². The van der Waals surface area contributed by atoms with Crippen molar-refractivity contribution in [1.29, 1.82) is 0 Å². The highest BCUT2D eigenvalue weighted by Gasteiger charge is 2.20. The fourth-order valence-electron chi connectivity index (χ4n) is 1.89. The van der Waals surface area contributed by atoms with Crippen molar-refractivity contribution in [3.05, 3.63) is 41.3 Å². The second-order valence-electron chi connectivity index (χ2n) is 4.47. The molecular formula is C14H17NO4S. The number of hydrogen-bond donors (Lipinski definition) is 0. The molecule has 0 radical (unpaired) electrons. The maximum atomic E-state index is 12.4. The van der Waals surface area contributed by atoms with Crippen LogP contribution in [-0.2, 0) is 15.6 Å². The van der Waals surface area contributed by atoms with E-state index in [2.05, 4.69) is 5.16 Å². The highest BCUT2D eigenvalue weighted by atomic mass is 32.2. The van der Waals surface area contributed by atoms with E-state index in [4.69, 9.17) is 9.26 Å². The third-order valence-corrected chi connectivity index (χ3v) is 4.67. The van der Waals surface area contributed by atoms with Crippen LogP contribution in [0.2, 0.25) is 0 Å². The Balaban J connectivity index is 2.26. The van der Waals surface area contributed by atoms with Gasteiger partial charge in [-0.05, 0) is 45.0 Å². The zero-order valence-corrected chi connectivity index (χ0v) is 12.5.